The number of hydrogen-bond acceptors (Lipinski definition) is 5. The van der Waals surface area contributed by atoms with Crippen molar-refractivity contribution in [2.75, 3.05) is 0 Å². The van der Waals surface area contributed by atoms with Gasteiger partial charge in [-0.3, -0.25) is 0 Å². The largest absolute Gasteiger partial charge is 0.461 e. The highest BCUT2D eigenvalue weighted by atomic mass is 16.5. The third-order valence-electron chi connectivity index (χ3n) is 12.1. The molecule has 2 unspecified atom stereocenters. The van der Waals surface area contributed by atoms with Crippen molar-refractivity contribution in [2.24, 2.45) is 0 Å². The van der Waals surface area contributed by atoms with Crippen molar-refractivity contribution in [1.29, 1.82) is 0 Å². The summed E-state index contributed by atoms with van der Waals surface area (Å²) in [6.45, 7) is 0. The molecule has 0 bridgehead atoms. The molecule has 0 radical (unpaired) electrons. The van der Waals surface area contributed by atoms with Gasteiger partial charge < -0.3 is 9.15 Å². The quantitative estimate of drug-likeness (QED) is 0.168. The number of nitrogens with zero attached hydrogens (tertiary/aromatic N) is 3. The topological polar surface area (TPSA) is 61.0 Å². The van der Waals surface area contributed by atoms with Crippen LogP contribution in [0.5, 0.6) is 5.75 Å². The molecule has 2 aromatic heterocycles. The summed E-state index contributed by atoms with van der Waals surface area (Å²) in [5.74, 6) is 3.93. The molecule has 9 aromatic rings. The third-order valence-corrected chi connectivity index (χ3v) is 12.1. The van der Waals surface area contributed by atoms with Crippen molar-refractivity contribution in [2.45, 2.75) is 24.7 Å². The molecular formula is C55H37N3O2. The Morgan fingerprint density at radius 1 is 0.550 bits per heavy atom. The van der Waals surface area contributed by atoms with Crippen molar-refractivity contribution in [3.05, 3.63) is 211 Å². The van der Waals surface area contributed by atoms with Crippen molar-refractivity contribution < 1.29 is 9.15 Å². The predicted molar refractivity (Wildman–Crippen MR) is 242 cm³/mol. The molecule has 0 spiro atoms. The summed E-state index contributed by atoms with van der Waals surface area (Å²) < 4.78 is 13.1. The van der Waals surface area contributed by atoms with E-state index in [9.17, 15) is 0 Å². The Labute approximate surface area is 347 Å². The number of hydrogen-bond donors (Lipinski definition) is 0. The molecule has 12 rings (SSSR count). The van der Waals surface area contributed by atoms with Gasteiger partial charge in [0.25, 0.3) is 0 Å². The van der Waals surface area contributed by atoms with Crippen LogP contribution in [-0.4, -0.2) is 15.0 Å². The van der Waals surface area contributed by atoms with Crippen molar-refractivity contribution in [3.8, 4) is 50.8 Å². The van der Waals surface area contributed by atoms with Gasteiger partial charge in [0, 0.05) is 39.0 Å². The Bertz CT molecular complexity index is 3320. The number of furan rings is 1. The minimum Gasteiger partial charge on any atom is -0.461 e. The molecule has 5 heteroatoms. The second kappa shape index (κ2) is 14.0. The van der Waals surface area contributed by atoms with E-state index in [1.165, 1.54) is 5.56 Å². The molecule has 5 nitrogen and oxygen atoms in total. The lowest BCUT2D eigenvalue weighted by molar-refractivity contribution is 0.416. The number of aromatic nitrogens is 3. The Kier molecular flexibility index (Phi) is 8.05. The lowest BCUT2D eigenvalue weighted by Gasteiger charge is -2.25. The summed E-state index contributed by atoms with van der Waals surface area (Å²) >= 11 is 0. The second-order valence-electron chi connectivity index (χ2n) is 15.8. The van der Waals surface area contributed by atoms with Gasteiger partial charge in [-0.1, -0.05) is 140 Å². The summed E-state index contributed by atoms with van der Waals surface area (Å²) in [6, 6.07) is 53.4. The van der Waals surface area contributed by atoms with Gasteiger partial charge in [-0.15, -0.1) is 0 Å². The maximum atomic E-state index is 6.73. The summed E-state index contributed by atoms with van der Waals surface area (Å²) in [6.07, 6.45) is 15.1. The first kappa shape index (κ1) is 34.4. The molecule has 0 fully saturated rings. The van der Waals surface area contributed by atoms with E-state index in [0.717, 1.165) is 102 Å². The fourth-order valence-electron chi connectivity index (χ4n) is 9.32. The molecule has 7 aromatic carbocycles. The molecule has 2 atom stereocenters. The van der Waals surface area contributed by atoms with Gasteiger partial charge in [0.05, 0.1) is 5.92 Å². The van der Waals surface area contributed by atoms with Gasteiger partial charge in [-0.05, 0) is 100.0 Å². The minimum atomic E-state index is 0.0385. The summed E-state index contributed by atoms with van der Waals surface area (Å²) in [5.41, 5.74) is 11.4. The van der Waals surface area contributed by atoms with Gasteiger partial charge in [-0.25, -0.2) is 15.0 Å². The predicted octanol–water partition coefficient (Wildman–Crippen LogP) is 14.0. The van der Waals surface area contributed by atoms with Crippen LogP contribution in [0.4, 0.5) is 0 Å². The van der Waals surface area contributed by atoms with Gasteiger partial charge >= 0.3 is 0 Å². The maximum absolute atomic E-state index is 6.73. The number of fused-ring (bicyclic) bond motifs is 7. The van der Waals surface area contributed by atoms with Crippen LogP contribution in [0, 0.1) is 0 Å². The van der Waals surface area contributed by atoms with E-state index < -0.39 is 0 Å². The average Bonchev–Trinajstić information content (AvgIpc) is 3.90. The zero-order valence-electron chi connectivity index (χ0n) is 32.6. The Hall–Kier alpha value is -7.63. The fourth-order valence-corrected chi connectivity index (χ4v) is 9.32. The molecule has 60 heavy (non-hydrogen) atoms. The SMILES string of the molecule is C1=CC(c2cc(-c3cc(-c4nc(C5=CCCC=C5)nc(-c5cccc(-c6ccccc6)c5)n4)cc4ccccc34)c3c(c2)oc2ccccc23)C2C(=C1)Oc1ccccc12. The zero-order valence-corrected chi connectivity index (χ0v) is 32.6. The Morgan fingerprint density at radius 3 is 2.22 bits per heavy atom. The van der Waals surface area contributed by atoms with Crippen molar-refractivity contribution in [1.82, 2.24) is 15.0 Å². The average molecular weight is 772 g/mol. The highest BCUT2D eigenvalue weighted by Gasteiger charge is 2.37. The van der Waals surface area contributed by atoms with Crippen LogP contribution in [0.15, 0.2) is 198 Å². The maximum Gasteiger partial charge on any atom is 0.164 e. The molecule has 0 saturated heterocycles. The van der Waals surface area contributed by atoms with E-state index in [0.29, 0.717) is 17.5 Å². The first-order chi connectivity index (χ1) is 29.7. The molecule has 3 aliphatic rings. The number of para-hydroxylation sites is 2. The molecule has 2 aliphatic carbocycles. The standard InChI is InChI=1S/C55H37N3O2/c1-3-15-34(16-4-1)36-20-13-21-38(29-36)54-56-53(35-17-5-2-6-18-35)57-55(58-54)40-30-37-19-7-8-22-41(37)45(32-40)46-31-39(33-50-52(46)44-24-10-12-27-48(44)60-50)42-25-14-28-49-51(42)43-23-9-11-26-47(43)59-49/h1,3-5,7-33,42,51H,2,6H2. The lowest BCUT2D eigenvalue weighted by atomic mass is 9.77. The highest BCUT2D eigenvalue weighted by molar-refractivity contribution is 6.16. The first-order valence-electron chi connectivity index (χ1n) is 20.6. The van der Waals surface area contributed by atoms with Crippen molar-refractivity contribution in [3.63, 3.8) is 0 Å². The smallest absolute Gasteiger partial charge is 0.164 e. The Morgan fingerprint density at radius 2 is 1.32 bits per heavy atom. The van der Waals surface area contributed by atoms with E-state index in [1.807, 2.05) is 18.2 Å². The van der Waals surface area contributed by atoms with Crippen molar-refractivity contribution >= 4 is 38.3 Å². The second-order valence-corrected chi connectivity index (χ2v) is 15.8. The summed E-state index contributed by atoms with van der Waals surface area (Å²) in [4.78, 5) is 15.6. The lowest BCUT2D eigenvalue weighted by Crippen LogP contribution is -2.12. The third kappa shape index (κ3) is 5.81. The molecule has 0 N–H and O–H groups in total. The number of allylic oxidation sites excluding steroid dienone is 8. The summed E-state index contributed by atoms with van der Waals surface area (Å²) in [5, 5.41) is 4.41. The summed E-state index contributed by atoms with van der Waals surface area (Å²) in [7, 11) is 0. The van der Waals surface area contributed by atoms with E-state index in [4.69, 9.17) is 24.1 Å². The van der Waals surface area contributed by atoms with Crippen LogP contribution < -0.4 is 4.74 Å². The van der Waals surface area contributed by atoms with Gasteiger partial charge in [0.15, 0.2) is 17.5 Å². The minimum absolute atomic E-state index is 0.0385. The number of rotatable bonds is 6. The molecule has 0 saturated carbocycles. The highest BCUT2D eigenvalue weighted by Crippen LogP contribution is 2.52. The van der Waals surface area contributed by atoms with E-state index in [-0.39, 0.29) is 11.8 Å². The number of ether oxygens (including phenoxy) is 1. The van der Waals surface area contributed by atoms with Gasteiger partial charge in [0.1, 0.15) is 22.7 Å². The fraction of sp³-hybridized carbons (Fsp3) is 0.0727. The van der Waals surface area contributed by atoms with E-state index in [1.54, 1.807) is 0 Å². The van der Waals surface area contributed by atoms with Crippen LogP contribution in [0.2, 0.25) is 0 Å². The molecule has 284 valence electrons. The van der Waals surface area contributed by atoms with Crippen LogP contribution in [0.3, 0.4) is 0 Å². The first-order valence-corrected chi connectivity index (χ1v) is 20.6. The molecule has 1 aliphatic heterocycles. The zero-order chi connectivity index (χ0) is 39.6. The van der Waals surface area contributed by atoms with Crippen LogP contribution >= 0.6 is 0 Å². The molecule has 3 heterocycles. The number of benzene rings is 7. The normalized spacial score (nSPS) is 16.7. The van der Waals surface area contributed by atoms with Crippen LogP contribution in [0.1, 0.15) is 41.6 Å². The molecular weight excluding hydrogens is 735 g/mol. The monoisotopic (exact) mass is 771 g/mol. The Balaban J connectivity index is 1.08. The van der Waals surface area contributed by atoms with E-state index >= 15 is 0 Å². The molecule has 0 amide bonds. The van der Waals surface area contributed by atoms with Crippen LogP contribution in [-0.2, 0) is 0 Å². The van der Waals surface area contributed by atoms with Crippen LogP contribution in [0.25, 0.3) is 83.3 Å². The van der Waals surface area contributed by atoms with Gasteiger partial charge in [0.2, 0.25) is 0 Å². The van der Waals surface area contributed by atoms with E-state index in [2.05, 4.69) is 170 Å². The van der Waals surface area contributed by atoms with Gasteiger partial charge in [-0.2, -0.15) is 0 Å².